The molecule has 2 fully saturated rings. The van der Waals surface area contributed by atoms with E-state index in [9.17, 15) is 0 Å². The summed E-state index contributed by atoms with van der Waals surface area (Å²) in [4.78, 5) is 17.3. The molecule has 5 heteroatoms. The summed E-state index contributed by atoms with van der Waals surface area (Å²) < 4.78 is 0. The molecule has 1 saturated carbocycles. The van der Waals surface area contributed by atoms with E-state index in [1.807, 2.05) is 0 Å². The van der Waals surface area contributed by atoms with Crippen molar-refractivity contribution >= 4 is 5.95 Å². The van der Waals surface area contributed by atoms with Crippen molar-refractivity contribution in [3.63, 3.8) is 0 Å². The van der Waals surface area contributed by atoms with Gasteiger partial charge in [0, 0.05) is 62.3 Å². The van der Waals surface area contributed by atoms with Gasteiger partial charge >= 0.3 is 0 Å². The number of piperazine rings is 1. The summed E-state index contributed by atoms with van der Waals surface area (Å²) in [5.74, 6) is 2.80. The Bertz CT molecular complexity index is 611. The molecule has 2 unspecified atom stereocenters. The lowest BCUT2D eigenvalue weighted by Gasteiger charge is -2.48. The molecule has 1 saturated heterocycles. The highest BCUT2D eigenvalue weighted by Gasteiger charge is 2.35. The highest BCUT2D eigenvalue weighted by Crippen LogP contribution is 2.37. The summed E-state index contributed by atoms with van der Waals surface area (Å²) in [7, 11) is 2.24. The van der Waals surface area contributed by atoms with E-state index in [1.165, 1.54) is 37.8 Å². The first-order valence-electron chi connectivity index (χ1n) is 12.5. The van der Waals surface area contributed by atoms with Gasteiger partial charge in [-0.2, -0.15) is 0 Å². The molecule has 1 aliphatic carbocycles. The first-order valence-corrected chi connectivity index (χ1v) is 12.5. The van der Waals surface area contributed by atoms with E-state index in [-0.39, 0.29) is 0 Å². The molecule has 1 aromatic rings. The van der Waals surface area contributed by atoms with Gasteiger partial charge in [0.2, 0.25) is 5.95 Å². The van der Waals surface area contributed by atoms with Crippen LogP contribution in [0.5, 0.6) is 0 Å². The Hall–Kier alpha value is -1.20. The van der Waals surface area contributed by atoms with Crippen LogP contribution in [0.15, 0.2) is 12.4 Å². The maximum absolute atomic E-state index is 4.84. The van der Waals surface area contributed by atoms with Crippen molar-refractivity contribution in [1.29, 1.82) is 0 Å². The largest absolute Gasteiger partial charge is 0.332 e. The van der Waals surface area contributed by atoms with Gasteiger partial charge in [0.15, 0.2) is 0 Å². The van der Waals surface area contributed by atoms with Gasteiger partial charge in [0.1, 0.15) is 0 Å². The van der Waals surface area contributed by atoms with E-state index in [0.29, 0.717) is 18.1 Å². The third-order valence-electron chi connectivity index (χ3n) is 7.33. The highest BCUT2D eigenvalue weighted by molar-refractivity contribution is 5.35. The van der Waals surface area contributed by atoms with E-state index in [4.69, 9.17) is 9.97 Å². The van der Waals surface area contributed by atoms with E-state index in [2.05, 4.69) is 68.8 Å². The van der Waals surface area contributed by atoms with Gasteiger partial charge in [-0.05, 0) is 58.4 Å². The first kappa shape index (κ1) is 23.5. The molecule has 170 valence electrons. The Morgan fingerprint density at radius 3 is 2.10 bits per heavy atom. The monoisotopic (exact) mass is 415 g/mol. The number of aromatic nitrogens is 2. The highest BCUT2D eigenvalue weighted by atomic mass is 15.4. The molecule has 0 N–H and O–H groups in total. The Labute approximate surface area is 185 Å². The summed E-state index contributed by atoms with van der Waals surface area (Å²) >= 11 is 0. The Kier molecular flexibility index (Phi) is 8.52. The van der Waals surface area contributed by atoms with E-state index < -0.39 is 0 Å². The smallest absolute Gasteiger partial charge is 0.225 e. The van der Waals surface area contributed by atoms with Crippen molar-refractivity contribution in [3.05, 3.63) is 18.0 Å². The molecule has 1 aromatic heterocycles. The second kappa shape index (κ2) is 10.9. The van der Waals surface area contributed by atoms with Crippen LogP contribution in [-0.4, -0.2) is 64.6 Å². The van der Waals surface area contributed by atoms with Crippen LogP contribution in [0, 0.1) is 11.8 Å². The lowest BCUT2D eigenvalue weighted by molar-refractivity contribution is 0.129. The molecular weight excluding hydrogens is 370 g/mol. The third-order valence-corrected chi connectivity index (χ3v) is 7.33. The fourth-order valence-electron chi connectivity index (χ4n) is 5.54. The standard InChI is InChI=1S/C25H45N5/c1-7-10-20-11-21(12-20)15-28(6)16-22-13-26-25(27-14-22)30-23(8-2)17-29(19(4)5)18-24(30)9-3/h13-14,19-21,23-24H,7-12,15-18H2,1-6H3. The van der Waals surface area contributed by atoms with Crippen LogP contribution < -0.4 is 4.90 Å². The topological polar surface area (TPSA) is 35.5 Å². The molecule has 0 amide bonds. The van der Waals surface area contributed by atoms with Crippen LogP contribution in [0.2, 0.25) is 0 Å². The fourth-order valence-corrected chi connectivity index (χ4v) is 5.54. The minimum absolute atomic E-state index is 0.495. The van der Waals surface area contributed by atoms with E-state index in [1.54, 1.807) is 0 Å². The zero-order valence-corrected chi connectivity index (χ0v) is 20.3. The number of hydrogen-bond acceptors (Lipinski definition) is 5. The predicted octanol–water partition coefficient (Wildman–Crippen LogP) is 4.82. The molecule has 2 aliphatic rings. The van der Waals surface area contributed by atoms with E-state index in [0.717, 1.165) is 50.3 Å². The molecule has 0 bridgehead atoms. The summed E-state index contributed by atoms with van der Waals surface area (Å²) in [5.41, 5.74) is 1.23. The summed E-state index contributed by atoms with van der Waals surface area (Å²) in [6, 6.07) is 1.59. The molecule has 2 atom stereocenters. The van der Waals surface area contributed by atoms with Crippen LogP contribution in [0.4, 0.5) is 5.95 Å². The number of rotatable bonds is 10. The van der Waals surface area contributed by atoms with Gasteiger partial charge in [-0.15, -0.1) is 0 Å². The first-order chi connectivity index (χ1) is 14.4. The molecule has 0 radical (unpaired) electrons. The quantitative estimate of drug-likeness (QED) is 0.547. The van der Waals surface area contributed by atoms with Crippen LogP contribution in [-0.2, 0) is 6.54 Å². The minimum atomic E-state index is 0.495. The molecule has 3 rings (SSSR count). The number of anilines is 1. The van der Waals surface area contributed by atoms with Crippen LogP contribution in [0.1, 0.15) is 78.7 Å². The molecule has 0 spiro atoms. The summed E-state index contributed by atoms with van der Waals surface area (Å²) in [5, 5.41) is 0. The normalized spacial score (nSPS) is 27.7. The zero-order chi connectivity index (χ0) is 21.7. The van der Waals surface area contributed by atoms with Crippen molar-refractivity contribution in [2.45, 2.75) is 97.8 Å². The number of nitrogens with zero attached hydrogens (tertiary/aromatic N) is 5. The predicted molar refractivity (Wildman–Crippen MR) is 127 cm³/mol. The maximum atomic E-state index is 4.84. The summed E-state index contributed by atoms with van der Waals surface area (Å²) in [6.45, 7) is 15.9. The summed E-state index contributed by atoms with van der Waals surface area (Å²) in [6.07, 6.45) is 12.0. The molecule has 1 aliphatic heterocycles. The number of hydrogen-bond donors (Lipinski definition) is 0. The lowest BCUT2D eigenvalue weighted by Crippen LogP contribution is -2.60. The van der Waals surface area contributed by atoms with Crippen LogP contribution in [0.3, 0.4) is 0 Å². The Balaban J connectivity index is 1.57. The van der Waals surface area contributed by atoms with Gasteiger partial charge < -0.3 is 9.80 Å². The van der Waals surface area contributed by atoms with Crippen molar-refractivity contribution in [2.24, 2.45) is 11.8 Å². The molecule has 2 heterocycles. The molecule has 30 heavy (non-hydrogen) atoms. The van der Waals surface area contributed by atoms with Gasteiger partial charge in [-0.25, -0.2) is 9.97 Å². The van der Waals surface area contributed by atoms with Gasteiger partial charge in [0.05, 0.1) is 0 Å². The van der Waals surface area contributed by atoms with Crippen LogP contribution >= 0.6 is 0 Å². The second-order valence-corrected chi connectivity index (χ2v) is 10.2. The van der Waals surface area contributed by atoms with Crippen molar-refractivity contribution < 1.29 is 0 Å². The third kappa shape index (κ3) is 5.73. The Morgan fingerprint density at radius 2 is 1.60 bits per heavy atom. The zero-order valence-electron chi connectivity index (χ0n) is 20.3. The molecular formula is C25H45N5. The average molecular weight is 416 g/mol. The van der Waals surface area contributed by atoms with Gasteiger partial charge in [0.25, 0.3) is 0 Å². The minimum Gasteiger partial charge on any atom is -0.332 e. The second-order valence-electron chi connectivity index (χ2n) is 10.2. The van der Waals surface area contributed by atoms with Gasteiger partial charge in [-0.3, -0.25) is 4.90 Å². The molecule has 0 aromatic carbocycles. The molecule has 5 nitrogen and oxygen atoms in total. The fraction of sp³-hybridized carbons (Fsp3) is 0.840. The van der Waals surface area contributed by atoms with Crippen molar-refractivity contribution in [1.82, 2.24) is 19.8 Å². The maximum Gasteiger partial charge on any atom is 0.225 e. The van der Waals surface area contributed by atoms with Gasteiger partial charge in [-0.1, -0.05) is 33.6 Å². The Morgan fingerprint density at radius 1 is 1.00 bits per heavy atom. The van der Waals surface area contributed by atoms with Crippen LogP contribution in [0.25, 0.3) is 0 Å². The lowest BCUT2D eigenvalue weighted by atomic mass is 9.72. The van der Waals surface area contributed by atoms with Crippen molar-refractivity contribution in [3.8, 4) is 0 Å². The average Bonchev–Trinajstić information content (AvgIpc) is 2.71. The SMILES string of the molecule is CCCC1CC(CN(C)Cc2cnc(N3C(CC)CN(C(C)C)CC3CC)nc2)C1. The van der Waals surface area contributed by atoms with E-state index >= 15 is 0 Å². The van der Waals surface area contributed by atoms with Crippen molar-refractivity contribution in [2.75, 3.05) is 31.6 Å².